The van der Waals surface area contributed by atoms with Gasteiger partial charge in [-0.05, 0) is 12.3 Å². The number of carbonyl (C=O) groups is 2. The van der Waals surface area contributed by atoms with Crippen LogP contribution in [0.4, 0.5) is 0 Å². The van der Waals surface area contributed by atoms with Gasteiger partial charge in [0.25, 0.3) is 0 Å². The van der Waals surface area contributed by atoms with E-state index in [2.05, 4.69) is 19.2 Å². The van der Waals surface area contributed by atoms with Gasteiger partial charge in [0, 0.05) is 12.5 Å². The molecule has 0 aliphatic heterocycles. The number of carboxylic acids is 1. The van der Waals surface area contributed by atoms with Gasteiger partial charge >= 0.3 is 5.97 Å². The molecule has 4 heteroatoms. The summed E-state index contributed by atoms with van der Waals surface area (Å²) in [5, 5.41) is 11.7. The highest BCUT2D eigenvalue weighted by Gasteiger charge is 2.25. The van der Waals surface area contributed by atoms with E-state index in [4.69, 9.17) is 5.11 Å². The zero-order valence-electron chi connectivity index (χ0n) is 12.0. The molecule has 0 aliphatic rings. The minimum Gasteiger partial charge on any atom is -0.481 e. The maximum atomic E-state index is 11.8. The molecule has 0 aromatic heterocycles. The number of carbonyl (C=O) groups excluding carboxylic acids is 1. The number of hydrogen-bond donors (Lipinski definition) is 2. The summed E-state index contributed by atoms with van der Waals surface area (Å²) >= 11 is 0. The lowest BCUT2D eigenvalue weighted by Gasteiger charge is -2.19. The fraction of sp³-hybridized carbons (Fsp3) is 0.857. The van der Waals surface area contributed by atoms with Crippen LogP contribution in [0.1, 0.15) is 53.4 Å². The molecule has 0 bridgehead atoms. The summed E-state index contributed by atoms with van der Waals surface area (Å²) < 4.78 is 0. The summed E-state index contributed by atoms with van der Waals surface area (Å²) in [4.78, 5) is 22.6. The summed E-state index contributed by atoms with van der Waals surface area (Å²) in [5.41, 5.74) is 0. The molecule has 1 amide bonds. The van der Waals surface area contributed by atoms with E-state index in [0.717, 1.165) is 19.3 Å². The fourth-order valence-electron chi connectivity index (χ4n) is 1.79. The Hall–Kier alpha value is -1.06. The molecule has 0 saturated carbocycles. The second kappa shape index (κ2) is 8.95. The first-order valence-electron chi connectivity index (χ1n) is 6.94. The number of nitrogens with one attached hydrogen (secondary N) is 1. The first-order valence-corrected chi connectivity index (χ1v) is 6.94. The summed E-state index contributed by atoms with van der Waals surface area (Å²) in [5.74, 6) is -1.69. The summed E-state index contributed by atoms with van der Waals surface area (Å²) in [6, 6.07) is 0. The van der Waals surface area contributed by atoms with Crippen molar-refractivity contribution in [2.24, 2.45) is 17.8 Å². The van der Waals surface area contributed by atoms with Gasteiger partial charge in [0.1, 0.15) is 0 Å². The van der Waals surface area contributed by atoms with Crippen LogP contribution in [0.25, 0.3) is 0 Å². The first kappa shape index (κ1) is 16.9. The van der Waals surface area contributed by atoms with Crippen LogP contribution in [0.2, 0.25) is 0 Å². The van der Waals surface area contributed by atoms with Gasteiger partial charge in [-0.3, -0.25) is 9.59 Å². The lowest BCUT2D eigenvalue weighted by Crippen LogP contribution is -2.37. The number of hydrogen-bond acceptors (Lipinski definition) is 2. The third kappa shape index (κ3) is 6.03. The van der Waals surface area contributed by atoms with Crippen molar-refractivity contribution in [3.63, 3.8) is 0 Å². The second-order valence-corrected chi connectivity index (χ2v) is 5.08. The molecule has 0 aliphatic carbocycles. The predicted molar refractivity (Wildman–Crippen MR) is 72.3 cm³/mol. The molecular formula is C14H27NO3. The zero-order chi connectivity index (χ0) is 14.1. The quantitative estimate of drug-likeness (QED) is 0.667. The highest BCUT2D eigenvalue weighted by Crippen LogP contribution is 2.14. The number of amides is 1. The highest BCUT2D eigenvalue weighted by atomic mass is 16.4. The summed E-state index contributed by atoms with van der Waals surface area (Å²) in [7, 11) is 0. The van der Waals surface area contributed by atoms with E-state index in [1.165, 1.54) is 6.42 Å². The zero-order valence-corrected chi connectivity index (χ0v) is 12.0. The number of rotatable bonds is 9. The maximum Gasteiger partial charge on any atom is 0.307 e. The minimum absolute atomic E-state index is 0.153. The Bertz CT molecular complexity index is 266. The van der Waals surface area contributed by atoms with Crippen molar-refractivity contribution in [1.29, 1.82) is 0 Å². The molecule has 2 N–H and O–H groups in total. The summed E-state index contributed by atoms with van der Waals surface area (Å²) in [6.07, 6.45) is 4.51. The van der Waals surface area contributed by atoms with Crippen molar-refractivity contribution in [3.8, 4) is 0 Å². The van der Waals surface area contributed by atoms with Crippen molar-refractivity contribution in [2.45, 2.75) is 53.4 Å². The van der Waals surface area contributed by atoms with Gasteiger partial charge in [-0.25, -0.2) is 0 Å². The first-order chi connectivity index (χ1) is 8.43. The standard InChI is InChI=1S/C14H27NO3/c1-5-7-8-12(6-2)9-15-13(16)10(3)11(4)14(17)18/h10-12H,5-9H2,1-4H3,(H,15,16)(H,17,18). The van der Waals surface area contributed by atoms with Crippen LogP contribution in [0.5, 0.6) is 0 Å². The van der Waals surface area contributed by atoms with Crippen LogP contribution in [0.15, 0.2) is 0 Å². The van der Waals surface area contributed by atoms with Crippen molar-refractivity contribution >= 4 is 11.9 Å². The Balaban J connectivity index is 4.10. The molecule has 0 heterocycles. The van der Waals surface area contributed by atoms with Gasteiger partial charge in [0.05, 0.1) is 5.92 Å². The van der Waals surface area contributed by atoms with Crippen LogP contribution < -0.4 is 5.32 Å². The molecule has 3 atom stereocenters. The average Bonchev–Trinajstić information content (AvgIpc) is 2.36. The van der Waals surface area contributed by atoms with Crippen molar-refractivity contribution < 1.29 is 14.7 Å². The molecule has 0 aromatic rings. The topological polar surface area (TPSA) is 66.4 Å². The van der Waals surface area contributed by atoms with E-state index in [1.807, 2.05) is 0 Å². The van der Waals surface area contributed by atoms with Gasteiger partial charge in [-0.1, -0.05) is 47.0 Å². The highest BCUT2D eigenvalue weighted by molar-refractivity contribution is 5.84. The molecule has 0 aromatic carbocycles. The van der Waals surface area contributed by atoms with Gasteiger partial charge < -0.3 is 10.4 Å². The van der Waals surface area contributed by atoms with Crippen LogP contribution in [-0.2, 0) is 9.59 Å². The van der Waals surface area contributed by atoms with E-state index < -0.39 is 17.8 Å². The normalized spacial score (nSPS) is 15.8. The average molecular weight is 257 g/mol. The van der Waals surface area contributed by atoms with Crippen molar-refractivity contribution in [1.82, 2.24) is 5.32 Å². The van der Waals surface area contributed by atoms with Crippen molar-refractivity contribution in [3.05, 3.63) is 0 Å². The van der Waals surface area contributed by atoms with Gasteiger partial charge in [0.15, 0.2) is 0 Å². The smallest absolute Gasteiger partial charge is 0.307 e. The van der Waals surface area contributed by atoms with E-state index in [0.29, 0.717) is 12.5 Å². The van der Waals surface area contributed by atoms with Crippen molar-refractivity contribution in [2.75, 3.05) is 6.54 Å². The largest absolute Gasteiger partial charge is 0.481 e. The lowest BCUT2D eigenvalue weighted by atomic mass is 9.94. The van der Waals surface area contributed by atoms with Gasteiger partial charge in [-0.15, -0.1) is 0 Å². The number of carboxylic acid groups (broad SMARTS) is 1. The van der Waals surface area contributed by atoms with E-state index in [9.17, 15) is 9.59 Å². The second-order valence-electron chi connectivity index (χ2n) is 5.08. The molecular weight excluding hydrogens is 230 g/mol. The Kier molecular flexibility index (Phi) is 8.42. The van der Waals surface area contributed by atoms with Crippen LogP contribution in [0, 0.1) is 17.8 Å². The third-order valence-electron chi connectivity index (χ3n) is 3.66. The molecule has 3 unspecified atom stereocenters. The fourth-order valence-corrected chi connectivity index (χ4v) is 1.79. The maximum absolute atomic E-state index is 11.8. The number of unbranched alkanes of at least 4 members (excludes halogenated alkanes) is 1. The molecule has 18 heavy (non-hydrogen) atoms. The van der Waals surface area contributed by atoms with E-state index in [1.54, 1.807) is 13.8 Å². The van der Waals surface area contributed by atoms with E-state index >= 15 is 0 Å². The molecule has 4 nitrogen and oxygen atoms in total. The molecule has 0 spiro atoms. The lowest BCUT2D eigenvalue weighted by molar-refractivity contribution is -0.146. The molecule has 0 saturated heterocycles. The van der Waals surface area contributed by atoms with Crippen LogP contribution in [-0.4, -0.2) is 23.5 Å². The van der Waals surface area contributed by atoms with Crippen LogP contribution in [0.3, 0.4) is 0 Å². The third-order valence-corrected chi connectivity index (χ3v) is 3.66. The van der Waals surface area contributed by atoms with Gasteiger partial charge in [-0.2, -0.15) is 0 Å². The Morgan fingerprint density at radius 1 is 1.17 bits per heavy atom. The minimum atomic E-state index is -0.921. The molecule has 106 valence electrons. The molecule has 0 radical (unpaired) electrons. The Morgan fingerprint density at radius 2 is 1.78 bits per heavy atom. The summed E-state index contributed by atoms with van der Waals surface area (Å²) in [6.45, 7) is 8.17. The van der Waals surface area contributed by atoms with E-state index in [-0.39, 0.29) is 5.91 Å². The SMILES string of the molecule is CCCCC(CC)CNC(=O)C(C)C(C)C(=O)O. The number of aliphatic carboxylic acids is 1. The monoisotopic (exact) mass is 257 g/mol. The Labute approximate surface area is 110 Å². The van der Waals surface area contributed by atoms with Crippen LogP contribution >= 0.6 is 0 Å². The van der Waals surface area contributed by atoms with Gasteiger partial charge in [0.2, 0.25) is 5.91 Å². The molecule has 0 rings (SSSR count). The predicted octanol–water partition coefficient (Wildman–Crippen LogP) is 2.68. The Morgan fingerprint density at radius 3 is 2.22 bits per heavy atom. The molecule has 0 fully saturated rings.